The van der Waals surface area contributed by atoms with Crippen LogP contribution in [0.3, 0.4) is 0 Å². The van der Waals surface area contributed by atoms with E-state index in [1.807, 2.05) is 0 Å². The summed E-state index contributed by atoms with van der Waals surface area (Å²) in [5, 5.41) is 2.95. The Bertz CT molecular complexity index is 793. The van der Waals surface area contributed by atoms with E-state index in [-0.39, 0.29) is 23.1 Å². The zero-order chi connectivity index (χ0) is 19.1. The topological polar surface area (TPSA) is 73.9 Å². The molecule has 0 unspecified atom stereocenters. The van der Waals surface area contributed by atoms with Crippen LogP contribution in [-0.2, 0) is 9.53 Å². The molecule has 0 aliphatic rings. The number of nitrogens with one attached hydrogen (secondary N) is 1. The van der Waals surface area contributed by atoms with Gasteiger partial charge in [-0.3, -0.25) is 4.79 Å². The van der Waals surface area contributed by atoms with Crippen LogP contribution in [0, 0.1) is 0 Å². The maximum Gasteiger partial charge on any atom is 0.339 e. The van der Waals surface area contributed by atoms with Gasteiger partial charge in [-0.1, -0.05) is 17.7 Å². The number of halogens is 1. The highest BCUT2D eigenvalue weighted by Gasteiger charge is 2.17. The molecule has 2 aromatic rings. The molecule has 1 amide bonds. The summed E-state index contributed by atoms with van der Waals surface area (Å²) in [6.45, 7) is 3.56. The lowest BCUT2D eigenvalue weighted by atomic mass is 10.2. The molecule has 0 saturated heterocycles. The minimum Gasteiger partial charge on any atom is -0.497 e. The summed E-state index contributed by atoms with van der Waals surface area (Å²) in [5.74, 6) is 0.224. The minimum atomic E-state index is -0.760. The van der Waals surface area contributed by atoms with Crippen LogP contribution in [0.15, 0.2) is 42.5 Å². The summed E-state index contributed by atoms with van der Waals surface area (Å²) in [6, 6.07) is 11.6. The summed E-state index contributed by atoms with van der Waals surface area (Å²) >= 11 is 6.01. The van der Waals surface area contributed by atoms with Crippen molar-refractivity contribution in [3.8, 4) is 11.5 Å². The number of carbonyl (C=O) groups excluding carboxylic acids is 2. The van der Waals surface area contributed by atoms with E-state index in [1.165, 1.54) is 12.1 Å². The third-order valence-corrected chi connectivity index (χ3v) is 3.78. The summed E-state index contributed by atoms with van der Waals surface area (Å²) in [4.78, 5) is 24.2. The summed E-state index contributed by atoms with van der Waals surface area (Å²) in [5.41, 5.74) is 0.608. The second-order valence-electron chi connectivity index (χ2n) is 5.34. The van der Waals surface area contributed by atoms with E-state index in [0.717, 1.165) is 0 Å². The van der Waals surface area contributed by atoms with E-state index >= 15 is 0 Å². The van der Waals surface area contributed by atoms with Gasteiger partial charge in [0.1, 0.15) is 11.5 Å². The fourth-order valence-corrected chi connectivity index (χ4v) is 2.34. The van der Waals surface area contributed by atoms with Crippen LogP contribution in [-0.4, -0.2) is 31.7 Å². The molecule has 6 nitrogen and oxygen atoms in total. The number of hydrogen-bond donors (Lipinski definition) is 1. The van der Waals surface area contributed by atoms with Gasteiger partial charge < -0.3 is 19.5 Å². The van der Waals surface area contributed by atoms with Crippen molar-refractivity contribution in [1.82, 2.24) is 0 Å². The first-order valence-corrected chi connectivity index (χ1v) is 8.40. The van der Waals surface area contributed by atoms with Crippen LogP contribution in [0.1, 0.15) is 24.2 Å². The molecule has 0 saturated carbocycles. The Morgan fingerprint density at radius 3 is 2.58 bits per heavy atom. The van der Waals surface area contributed by atoms with Gasteiger partial charge in [0, 0.05) is 11.8 Å². The zero-order valence-corrected chi connectivity index (χ0v) is 15.5. The second-order valence-corrected chi connectivity index (χ2v) is 5.75. The Morgan fingerprint density at radius 1 is 1.15 bits per heavy atom. The van der Waals surface area contributed by atoms with Gasteiger partial charge in [0.15, 0.2) is 6.10 Å². The number of rotatable bonds is 7. The molecule has 138 valence electrons. The molecular weight excluding hydrogens is 358 g/mol. The van der Waals surface area contributed by atoms with Crippen molar-refractivity contribution in [2.45, 2.75) is 20.0 Å². The van der Waals surface area contributed by atoms with Gasteiger partial charge >= 0.3 is 5.97 Å². The predicted octanol–water partition coefficient (Wildman–Crippen LogP) is 3.93. The highest BCUT2D eigenvalue weighted by atomic mass is 35.5. The Hall–Kier alpha value is -2.73. The predicted molar refractivity (Wildman–Crippen MR) is 99.1 cm³/mol. The molecule has 2 rings (SSSR count). The van der Waals surface area contributed by atoms with Crippen LogP contribution >= 0.6 is 11.6 Å². The Balaban J connectivity index is 2.06. The van der Waals surface area contributed by atoms with E-state index < -0.39 is 12.1 Å². The van der Waals surface area contributed by atoms with Crippen molar-refractivity contribution in [3.05, 3.63) is 53.1 Å². The number of amides is 1. The molecule has 26 heavy (non-hydrogen) atoms. The number of benzene rings is 2. The summed E-state index contributed by atoms with van der Waals surface area (Å²) < 4.78 is 15.7. The first-order chi connectivity index (χ1) is 12.4. The maximum absolute atomic E-state index is 12.3. The smallest absolute Gasteiger partial charge is 0.339 e. The molecule has 2 aromatic carbocycles. The zero-order valence-electron chi connectivity index (χ0n) is 14.7. The Labute approximate surface area is 157 Å². The van der Waals surface area contributed by atoms with Crippen LogP contribution in [0.25, 0.3) is 0 Å². The number of carbonyl (C=O) groups is 2. The van der Waals surface area contributed by atoms with Crippen molar-refractivity contribution < 1.29 is 23.8 Å². The van der Waals surface area contributed by atoms with E-state index in [2.05, 4.69) is 5.32 Å². The van der Waals surface area contributed by atoms with Crippen molar-refractivity contribution >= 4 is 29.2 Å². The lowest BCUT2D eigenvalue weighted by molar-refractivity contribution is -0.122. The Kier molecular flexibility index (Phi) is 6.86. The van der Waals surface area contributed by atoms with Crippen LogP contribution in [0.5, 0.6) is 11.5 Å². The molecule has 0 heterocycles. The molecule has 0 bridgehead atoms. The standard InChI is InChI=1S/C19H20ClNO5/c1-4-25-19(23)16-10-13(8-9-17(16)20)21-18(22)12(2)26-15-7-5-6-14(11-15)24-3/h5-12H,4H2,1-3H3,(H,21,22)/t12-/m0/s1. The lowest BCUT2D eigenvalue weighted by Gasteiger charge is -2.16. The van der Waals surface area contributed by atoms with E-state index in [1.54, 1.807) is 51.3 Å². The SMILES string of the molecule is CCOC(=O)c1cc(NC(=O)[C@H](C)Oc2cccc(OC)c2)ccc1Cl. The fraction of sp³-hybridized carbons (Fsp3) is 0.263. The fourth-order valence-electron chi connectivity index (χ4n) is 2.14. The van der Waals surface area contributed by atoms with Crippen molar-refractivity contribution in [1.29, 1.82) is 0 Å². The molecule has 0 aliphatic carbocycles. The average Bonchev–Trinajstić information content (AvgIpc) is 2.63. The largest absolute Gasteiger partial charge is 0.497 e. The van der Waals surface area contributed by atoms with Gasteiger partial charge in [-0.05, 0) is 44.2 Å². The van der Waals surface area contributed by atoms with E-state index in [0.29, 0.717) is 17.2 Å². The molecule has 1 atom stereocenters. The molecule has 0 fully saturated rings. The van der Waals surface area contributed by atoms with Gasteiger partial charge in [-0.25, -0.2) is 4.79 Å². The second kappa shape index (κ2) is 9.10. The van der Waals surface area contributed by atoms with Gasteiger partial charge in [-0.15, -0.1) is 0 Å². The van der Waals surface area contributed by atoms with Crippen molar-refractivity contribution in [3.63, 3.8) is 0 Å². The van der Waals surface area contributed by atoms with Gasteiger partial charge in [0.25, 0.3) is 5.91 Å². The van der Waals surface area contributed by atoms with Gasteiger partial charge in [0.05, 0.1) is 24.3 Å². The normalized spacial score (nSPS) is 11.4. The summed E-state index contributed by atoms with van der Waals surface area (Å²) in [6.07, 6.45) is -0.760. The number of ether oxygens (including phenoxy) is 3. The van der Waals surface area contributed by atoms with Crippen molar-refractivity contribution in [2.24, 2.45) is 0 Å². The molecular formula is C19H20ClNO5. The average molecular weight is 378 g/mol. The molecule has 0 spiro atoms. The molecule has 0 aromatic heterocycles. The summed E-state index contributed by atoms with van der Waals surface area (Å²) in [7, 11) is 1.55. The highest BCUT2D eigenvalue weighted by Crippen LogP contribution is 2.23. The number of anilines is 1. The maximum atomic E-state index is 12.3. The monoisotopic (exact) mass is 377 g/mol. The molecule has 7 heteroatoms. The number of methoxy groups -OCH3 is 1. The third kappa shape index (κ3) is 5.13. The van der Waals surface area contributed by atoms with Crippen LogP contribution in [0.2, 0.25) is 5.02 Å². The van der Waals surface area contributed by atoms with Gasteiger partial charge in [0.2, 0.25) is 0 Å². The van der Waals surface area contributed by atoms with Crippen LogP contribution in [0.4, 0.5) is 5.69 Å². The Morgan fingerprint density at radius 2 is 1.88 bits per heavy atom. The van der Waals surface area contributed by atoms with Crippen LogP contribution < -0.4 is 14.8 Å². The number of esters is 1. The minimum absolute atomic E-state index is 0.188. The first-order valence-electron chi connectivity index (χ1n) is 8.02. The highest BCUT2D eigenvalue weighted by molar-refractivity contribution is 6.33. The third-order valence-electron chi connectivity index (χ3n) is 3.45. The van der Waals surface area contributed by atoms with E-state index in [9.17, 15) is 9.59 Å². The van der Waals surface area contributed by atoms with E-state index in [4.69, 9.17) is 25.8 Å². The molecule has 0 radical (unpaired) electrons. The first kappa shape index (κ1) is 19.6. The molecule has 1 N–H and O–H groups in total. The molecule has 0 aliphatic heterocycles. The van der Waals surface area contributed by atoms with Crippen molar-refractivity contribution in [2.75, 3.05) is 19.0 Å². The quantitative estimate of drug-likeness (QED) is 0.740. The number of hydrogen-bond acceptors (Lipinski definition) is 5. The lowest BCUT2D eigenvalue weighted by Crippen LogP contribution is -2.30. The van der Waals surface area contributed by atoms with Gasteiger partial charge in [-0.2, -0.15) is 0 Å².